The van der Waals surface area contributed by atoms with Gasteiger partial charge in [-0.25, -0.2) is 13.8 Å². The number of aromatic nitrogens is 1. The molecule has 6 heteroatoms. The Hall–Kier alpha value is 0.510. The van der Waals surface area contributed by atoms with Crippen molar-refractivity contribution in [2.45, 2.75) is 12.3 Å². The van der Waals surface area contributed by atoms with Gasteiger partial charge < -0.3 is 0 Å². The minimum Gasteiger partial charge on any atom is -0.248 e. The van der Waals surface area contributed by atoms with Crippen LogP contribution in [0.4, 0.5) is 8.78 Å². The van der Waals surface area contributed by atoms with E-state index in [1.807, 2.05) is 22.6 Å². The van der Waals surface area contributed by atoms with Gasteiger partial charge in [0.15, 0.2) is 0 Å². The highest BCUT2D eigenvalue weighted by atomic mass is 127. The fraction of sp³-hybridized carbons (Fsp3) is 0.286. The smallest absolute Gasteiger partial charge is 0.248 e. The Kier molecular flexibility index (Phi) is 4.31. The first-order chi connectivity index (χ1) is 6.07. The molecular formula is C7H4BrClF2IN. The standard InChI is InChI=1S/C7H4BrClF2IN/c8-6-3(1-9)5(12)4(2-13-6)7(10)11/h2,7H,1H2. The summed E-state index contributed by atoms with van der Waals surface area (Å²) in [4.78, 5) is 3.78. The lowest BCUT2D eigenvalue weighted by molar-refractivity contribution is 0.150. The molecule has 1 aromatic rings. The fourth-order valence-electron chi connectivity index (χ4n) is 0.792. The van der Waals surface area contributed by atoms with Gasteiger partial charge in [-0.05, 0) is 38.5 Å². The van der Waals surface area contributed by atoms with Gasteiger partial charge in [0.1, 0.15) is 4.60 Å². The van der Waals surface area contributed by atoms with Crippen LogP contribution in [0.3, 0.4) is 0 Å². The van der Waals surface area contributed by atoms with Gasteiger partial charge in [-0.1, -0.05) is 0 Å². The molecule has 0 saturated heterocycles. The first-order valence-corrected chi connectivity index (χ1v) is 5.65. The van der Waals surface area contributed by atoms with Crippen LogP contribution < -0.4 is 0 Å². The lowest BCUT2D eigenvalue weighted by Crippen LogP contribution is -1.98. The molecule has 0 radical (unpaired) electrons. The predicted molar refractivity (Wildman–Crippen MR) is 59.2 cm³/mol. The fourth-order valence-corrected chi connectivity index (χ4v) is 3.07. The predicted octanol–water partition coefficient (Wildman–Crippen LogP) is 4.13. The van der Waals surface area contributed by atoms with Crippen molar-refractivity contribution in [2.75, 3.05) is 0 Å². The summed E-state index contributed by atoms with van der Waals surface area (Å²) in [6.07, 6.45) is -1.35. The topological polar surface area (TPSA) is 12.9 Å². The maximum atomic E-state index is 12.4. The van der Waals surface area contributed by atoms with Gasteiger partial charge in [-0.15, -0.1) is 11.6 Å². The molecule has 0 aromatic carbocycles. The summed E-state index contributed by atoms with van der Waals surface area (Å²) in [7, 11) is 0. The monoisotopic (exact) mass is 381 g/mol. The van der Waals surface area contributed by atoms with Crippen LogP contribution >= 0.6 is 50.1 Å². The van der Waals surface area contributed by atoms with Crippen molar-refractivity contribution >= 4 is 50.1 Å². The SMILES string of the molecule is FC(F)c1cnc(Br)c(CCl)c1I. The minimum atomic E-state index is -2.51. The average Bonchev–Trinajstić information content (AvgIpc) is 2.04. The van der Waals surface area contributed by atoms with Crippen LogP contribution in [0.2, 0.25) is 0 Å². The van der Waals surface area contributed by atoms with Crippen LogP contribution in [0, 0.1) is 3.57 Å². The highest BCUT2D eigenvalue weighted by Gasteiger charge is 2.16. The Morgan fingerprint density at radius 2 is 2.23 bits per heavy atom. The van der Waals surface area contributed by atoms with Gasteiger partial charge in [-0.3, -0.25) is 0 Å². The van der Waals surface area contributed by atoms with E-state index in [4.69, 9.17) is 11.6 Å². The van der Waals surface area contributed by atoms with Crippen molar-refractivity contribution in [3.05, 3.63) is 25.5 Å². The van der Waals surface area contributed by atoms with E-state index >= 15 is 0 Å². The Labute approximate surface area is 101 Å². The summed E-state index contributed by atoms with van der Waals surface area (Å²) in [5, 5.41) is 0. The van der Waals surface area contributed by atoms with Gasteiger partial charge in [0.25, 0.3) is 6.43 Å². The zero-order valence-corrected chi connectivity index (χ0v) is 10.7. The number of halogens is 5. The highest BCUT2D eigenvalue weighted by molar-refractivity contribution is 14.1. The van der Waals surface area contributed by atoms with E-state index in [1.54, 1.807) is 0 Å². The molecule has 0 aliphatic rings. The Bertz CT molecular complexity index is 322. The lowest BCUT2D eigenvalue weighted by atomic mass is 10.2. The number of hydrogen-bond acceptors (Lipinski definition) is 1. The van der Waals surface area contributed by atoms with E-state index in [1.165, 1.54) is 0 Å². The quantitative estimate of drug-likeness (QED) is 0.426. The molecule has 1 nitrogen and oxygen atoms in total. The number of pyridine rings is 1. The Morgan fingerprint density at radius 3 is 2.69 bits per heavy atom. The average molecular weight is 382 g/mol. The molecule has 0 spiro atoms. The largest absolute Gasteiger partial charge is 0.266 e. The normalized spacial score (nSPS) is 10.9. The third kappa shape index (κ3) is 2.50. The lowest BCUT2D eigenvalue weighted by Gasteiger charge is -2.07. The van der Waals surface area contributed by atoms with Crippen LogP contribution in [0.15, 0.2) is 10.8 Å². The number of alkyl halides is 3. The molecular weight excluding hydrogens is 378 g/mol. The van der Waals surface area contributed by atoms with E-state index < -0.39 is 6.43 Å². The zero-order valence-electron chi connectivity index (χ0n) is 6.20. The van der Waals surface area contributed by atoms with Gasteiger partial charge >= 0.3 is 0 Å². The second-order valence-electron chi connectivity index (χ2n) is 2.23. The van der Waals surface area contributed by atoms with Crippen molar-refractivity contribution in [2.24, 2.45) is 0 Å². The third-order valence-electron chi connectivity index (χ3n) is 1.45. The van der Waals surface area contributed by atoms with E-state index in [9.17, 15) is 8.78 Å². The summed E-state index contributed by atoms with van der Waals surface area (Å²) in [6, 6.07) is 0. The maximum Gasteiger partial charge on any atom is 0.266 e. The van der Waals surface area contributed by atoms with Crippen molar-refractivity contribution in [1.29, 1.82) is 0 Å². The molecule has 0 amide bonds. The maximum absolute atomic E-state index is 12.4. The van der Waals surface area contributed by atoms with Crippen molar-refractivity contribution in [3.63, 3.8) is 0 Å². The number of rotatable bonds is 2. The van der Waals surface area contributed by atoms with Gasteiger partial charge in [-0.2, -0.15) is 0 Å². The number of hydrogen-bond donors (Lipinski definition) is 0. The molecule has 0 bridgehead atoms. The molecule has 0 unspecified atom stereocenters. The summed E-state index contributed by atoms with van der Waals surface area (Å²) in [5.74, 6) is 0.173. The molecule has 0 fully saturated rings. The molecule has 1 aromatic heterocycles. The van der Waals surface area contributed by atoms with Crippen LogP contribution in [-0.4, -0.2) is 4.98 Å². The molecule has 0 N–H and O–H groups in total. The molecule has 0 atom stereocenters. The van der Waals surface area contributed by atoms with Gasteiger partial charge in [0.05, 0.1) is 5.88 Å². The molecule has 0 aliphatic carbocycles. The molecule has 0 saturated carbocycles. The molecule has 0 aliphatic heterocycles. The Morgan fingerprint density at radius 1 is 1.62 bits per heavy atom. The number of nitrogens with zero attached hydrogens (tertiary/aromatic N) is 1. The van der Waals surface area contributed by atoms with Crippen LogP contribution in [0.5, 0.6) is 0 Å². The van der Waals surface area contributed by atoms with Crippen LogP contribution in [0.1, 0.15) is 17.6 Å². The first kappa shape index (κ1) is 11.6. The highest BCUT2D eigenvalue weighted by Crippen LogP contribution is 2.30. The summed E-state index contributed by atoms with van der Waals surface area (Å²) in [5.41, 5.74) is 0.541. The van der Waals surface area contributed by atoms with E-state index in [0.717, 1.165) is 6.20 Å². The summed E-state index contributed by atoms with van der Waals surface area (Å²) in [6.45, 7) is 0. The third-order valence-corrected chi connectivity index (χ3v) is 3.68. The first-order valence-electron chi connectivity index (χ1n) is 3.24. The van der Waals surface area contributed by atoms with E-state index in [2.05, 4.69) is 20.9 Å². The minimum absolute atomic E-state index is 0.0700. The van der Waals surface area contributed by atoms with Crippen molar-refractivity contribution < 1.29 is 8.78 Å². The van der Waals surface area contributed by atoms with Crippen molar-refractivity contribution in [1.82, 2.24) is 4.98 Å². The molecule has 13 heavy (non-hydrogen) atoms. The van der Waals surface area contributed by atoms with E-state index in [-0.39, 0.29) is 11.4 Å². The van der Waals surface area contributed by atoms with Gasteiger partial charge in [0.2, 0.25) is 0 Å². The Balaban J connectivity index is 3.27. The zero-order chi connectivity index (χ0) is 10.0. The van der Waals surface area contributed by atoms with Crippen LogP contribution in [-0.2, 0) is 5.88 Å². The molecule has 72 valence electrons. The van der Waals surface area contributed by atoms with Gasteiger partial charge in [0, 0.05) is 20.9 Å². The molecule has 1 rings (SSSR count). The second-order valence-corrected chi connectivity index (χ2v) is 4.33. The summed E-state index contributed by atoms with van der Waals surface area (Å²) < 4.78 is 25.7. The van der Waals surface area contributed by atoms with E-state index in [0.29, 0.717) is 13.7 Å². The second kappa shape index (κ2) is 4.84. The van der Waals surface area contributed by atoms with Crippen molar-refractivity contribution in [3.8, 4) is 0 Å². The molecule has 1 heterocycles. The van der Waals surface area contributed by atoms with Crippen LogP contribution in [0.25, 0.3) is 0 Å². The summed E-state index contributed by atoms with van der Waals surface area (Å²) >= 11 is 10.6.